The topological polar surface area (TPSA) is 89.3 Å². The van der Waals surface area contributed by atoms with Gasteiger partial charge in [-0.15, -0.1) is 12.4 Å². The molecule has 7 heteroatoms. The molecule has 0 heterocycles. The fraction of sp³-hybridized carbons (Fsp3) is 0.500. The van der Waals surface area contributed by atoms with Crippen LogP contribution in [0.15, 0.2) is 24.3 Å². The number of sulfone groups is 1. The van der Waals surface area contributed by atoms with Gasteiger partial charge in [0.15, 0.2) is 9.84 Å². The van der Waals surface area contributed by atoms with E-state index >= 15 is 0 Å². The summed E-state index contributed by atoms with van der Waals surface area (Å²) in [7, 11) is -3.15. The highest BCUT2D eigenvalue weighted by atomic mass is 35.5. The first-order chi connectivity index (χ1) is 9.49. The maximum absolute atomic E-state index is 12.1. The third-order valence-corrected chi connectivity index (χ3v) is 5.92. The minimum Gasteiger partial charge on any atom is -0.397 e. The largest absolute Gasteiger partial charge is 0.397 e. The van der Waals surface area contributed by atoms with Crippen LogP contribution in [0.2, 0.25) is 0 Å². The van der Waals surface area contributed by atoms with Crippen LogP contribution < -0.4 is 11.1 Å². The van der Waals surface area contributed by atoms with Crippen molar-refractivity contribution in [2.24, 2.45) is 0 Å². The molecule has 0 bridgehead atoms. The van der Waals surface area contributed by atoms with Crippen LogP contribution in [0.1, 0.15) is 32.1 Å². The zero-order valence-electron chi connectivity index (χ0n) is 11.7. The number of carbonyl (C=O) groups is 1. The smallest absolute Gasteiger partial charge is 0.225 e. The average molecular weight is 333 g/mol. The van der Waals surface area contributed by atoms with E-state index in [1.165, 1.54) is 0 Å². The van der Waals surface area contributed by atoms with Gasteiger partial charge in [-0.2, -0.15) is 0 Å². The van der Waals surface area contributed by atoms with E-state index in [1.54, 1.807) is 24.3 Å². The second kappa shape index (κ2) is 7.66. The van der Waals surface area contributed by atoms with Crippen molar-refractivity contribution in [3.05, 3.63) is 24.3 Å². The molecule has 0 aliphatic heterocycles. The normalized spacial score (nSPS) is 15.4. The number of para-hydroxylation sites is 2. The number of hydrogen-bond acceptors (Lipinski definition) is 4. The number of amides is 1. The SMILES string of the molecule is Cl.Nc1ccccc1NC(=O)CCS(=O)(=O)C1CCCC1. The minimum absolute atomic E-state index is 0. The maximum atomic E-state index is 12.1. The second-order valence-corrected chi connectivity index (χ2v) is 7.56. The number of hydrogen-bond donors (Lipinski definition) is 2. The van der Waals surface area contributed by atoms with E-state index in [4.69, 9.17) is 5.73 Å². The molecule has 1 saturated carbocycles. The molecule has 0 unspecified atom stereocenters. The van der Waals surface area contributed by atoms with Gasteiger partial charge in [0.1, 0.15) is 0 Å². The first kappa shape index (κ1) is 17.8. The summed E-state index contributed by atoms with van der Waals surface area (Å²) in [5.74, 6) is -0.402. The van der Waals surface area contributed by atoms with Crippen LogP contribution in [0, 0.1) is 0 Å². The zero-order valence-corrected chi connectivity index (χ0v) is 13.4. The van der Waals surface area contributed by atoms with Gasteiger partial charge in [0.2, 0.25) is 5.91 Å². The lowest BCUT2D eigenvalue weighted by Gasteiger charge is -2.11. The summed E-state index contributed by atoms with van der Waals surface area (Å²) in [5, 5.41) is 2.39. The molecule has 3 N–H and O–H groups in total. The van der Waals surface area contributed by atoms with Gasteiger partial charge < -0.3 is 11.1 Å². The van der Waals surface area contributed by atoms with Crippen LogP contribution in [0.3, 0.4) is 0 Å². The Kier molecular flexibility index (Phi) is 6.48. The van der Waals surface area contributed by atoms with Gasteiger partial charge in [-0.3, -0.25) is 4.79 Å². The first-order valence-electron chi connectivity index (χ1n) is 6.85. The van der Waals surface area contributed by atoms with Gasteiger partial charge in [-0.05, 0) is 25.0 Å². The monoisotopic (exact) mass is 332 g/mol. The highest BCUT2D eigenvalue weighted by Crippen LogP contribution is 2.25. The third kappa shape index (κ3) is 4.89. The number of nitrogen functional groups attached to an aromatic ring is 1. The Morgan fingerprint density at radius 3 is 2.48 bits per heavy atom. The number of carbonyl (C=O) groups excluding carboxylic acids is 1. The standard InChI is InChI=1S/C14H20N2O3S.ClH/c15-12-7-3-4-8-13(12)16-14(17)9-10-20(18,19)11-5-1-2-6-11;/h3-4,7-8,11H,1-2,5-6,9-10,15H2,(H,16,17);1H. The molecule has 21 heavy (non-hydrogen) atoms. The lowest BCUT2D eigenvalue weighted by atomic mass is 10.2. The minimum atomic E-state index is -3.15. The summed E-state index contributed by atoms with van der Waals surface area (Å²) in [6.45, 7) is 0. The molecule has 1 aromatic rings. The summed E-state index contributed by atoms with van der Waals surface area (Å²) in [6, 6.07) is 6.92. The predicted octanol–water partition coefficient (Wildman–Crippen LogP) is 2.38. The van der Waals surface area contributed by atoms with Crippen molar-refractivity contribution in [3.63, 3.8) is 0 Å². The molecule has 1 fully saturated rings. The molecule has 0 atom stereocenters. The summed E-state index contributed by atoms with van der Waals surface area (Å²) in [6.07, 6.45) is 3.38. The quantitative estimate of drug-likeness (QED) is 0.810. The molecular formula is C14H21ClN2O3S. The van der Waals surface area contributed by atoms with Crippen LogP contribution in [-0.2, 0) is 14.6 Å². The second-order valence-electron chi connectivity index (χ2n) is 5.16. The van der Waals surface area contributed by atoms with Gasteiger partial charge in [0.05, 0.1) is 22.4 Å². The molecule has 118 valence electrons. The maximum Gasteiger partial charge on any atom is 0.225 e. The number of anilines is 2. The highest BCUT2D eigenvalue weighted by Gasteiger charge is 2.28. The van der Waals surface area contributed by atoms with Crippen LogP contribution in [0.25, 0.3) is 0 Å². The summed E-state index contributed by atoms with van der Waals surface area (Å²) >= 11 is 0. The Balaban J connectivity index is 0.00000220. The molecule has 1 amide bonds. The third-order valence-electron chi connectivity index (χ3n) is 3.66. The molecule has 1 aromatic carbocycles. The predicted molar refractivity (Wildman–Crippen MR) is 87.4 cm³/mol. The molecule has 1 aliphatic carbocycles. The molecular weight excluding hydrogens is 312 g/mol. The Morgan fingerprint density at radius 2 is 1.86 bits per heavy atom. The first-order valence-corrected chi connectivity index (χ1v) is 8.56. The Morgan fingerprint density at radius 1 is 1.24 bits per heavy atom. The van der Waals surface area contributed by atoms with Gasteiger partial charge in [0, 0.05) is 6.42 Å². The molecule has 5 nitrogen and oxygen atoms in total. The van der Waals surface area contributed by atoms with E-state index in [0.717, 1.165) is 25.7 Å². The zero-order chi connectivity index (χ0) is 14.6. The van der Waals surface area contributed by atoms with Crippen molar-refractivity contribution in [2.45, 2.75) is 37.4 Å². The van der Waals surface area contributed by atoms with Gasteiger partial charge in [-0.25, -0.2) is 8.42 Å². The van der Waals surface area contributed by atoms with E-state index in [-0.39, 0.29) is 35.7 Å². The van der Waals surface area contributed by atoms with E-state index in [0.29, 0.717) is 11.4 Å². The Labute approximate surface area is 131 Å². The van der Waals surface area contributed by atoms with E-state index in [2.05, 4.69) is 5.32 Å². The fourth-order valence-corrected chi connectivity index (χ4v) is 4.33. The van der Waals surface area contributed by atoms with E-state index in [1.807, 2.05) is 0 Å². The number of nitrogens with one attached hydrogen (secondary N) is 1. The molecule has 0 radical (unpaired) electrons. The number of halogens is 1. The van der Waals surface area contributed by atoms with Gasteiger partial charge in [0.25, 0.3) is 0 Å². The van der Waals surface area contributed by atoms with Crippen LogP contribution in [-0.4, -0.2) is 25.3 Å². The summed E-state index contributed by atoms with van der Waals surface area (Å²) in [4.78, 5) is 11.8. The van der Waals surface area contributed by atoms with Gasteiger partial charge >= 0.3 is 0 Å². The van der Waals surface area contributed by atoms with Crippen LogP contribution in [0.4, 0.5) is 11.4 Å². The Bertz CT molecular complexity index is 584. The molecule has 0 saturated heterocycles. The molecule has 0 spiro atoms. The average Bonchev–Trinajstić information content (AvgIpc) is 2.94. The highest BCUT2D eigenvalue weighted by molar-refractivity contribution is 7.92. The summed E-state index contributed by atoms with van der Waals surface area (Å²) < 4.78 is 24.1. The summed E-state index contributed by atoms with van der Waals surface area (Å²) in [5.41, 5.74) is 6.71. The van der Waals surface area contributed by atoms with E-state index < -0.39 is 9.84 Å². The Hall–Kier alpha value is -1.27. The van der Waals surface area contributed by atoms with Crippen molar-refractivity contribution < 1.29 is 13.2 Å². The lowest BCUT2D eigenvalue weighted by molar-refractivity contribution is -0.115. The van der Waals surface area contributed by atoms with Crippen LogP contribution in [0.5, 0.6) is 0 Å². The fourth-order valence-electron chi connectivity index (χ4n) is 2.47. The number of rotatable bonds is 5. The number of benzene rings is 1. The van der Waals surface area contributed by atoms with Crippen molar-refractivity contribution in [1.82, 2.24) is 0 Å². The molecule has 0 aromatic heterocycles. The van der Waals surface area contributed by atoms with Crippen molar-refractivity contribution in [2.75, 3.05) is 16.8 Å². The van der Waals surface area contributed by atoms with Crippen LogP contribution >= 0.6 is 12.4 Å². The molecule has 1 aliphatic rings. The van der Waals surface area contributed by atoms with Crippen molar-refractivity contribution >= 4 is 39.5 Å². The van der Waals surface area contributed by atoms with Crippen molar-refractivity contribution in [3.8, 4) is 0 Å². The van der Waals surface area contributed by atoms with Crippen molar-refractivity contribution in [1.29, 1.82) is 0 Å². The number of nitrogens with two attached hydrogens (primary N) is 1. The molecule has 2 rings (SSSR count). The van der Waals surface area contributed by atoms with Gasteiger partial charge in [-0.1, -0.05) is 25.0 Å². The lowest BCUT2D eigenvalue weighted by Crippen LogP contribution is -2.24. The van der Waals surface area contributed by atoms with E-state index in [9.17, 15) is 13.2 Å².